The van der Waals surface area contributed by atoms with Crippen LogP contribution >= 0.6 is 0 Å². The molecule has 1 heterocycles. The first-order valence-corrected chi connectivity index (χ1v) is 7.21. The van der Waals surface area contributed by atoms with Gasteiger partial charge in [0.1, 0.15) is 0 Å². The van der Waals surface area contributed by atoms with Gasteiger partial charge >= 0.3 is 5.97 Å². The van der Waals surface area contributed by atoms with E-state index in [4.69, 9.17) is 0 Å². The summed E-state index contributed by atoms with van der Waals surface area (Å²) < 4.78 is 0. The summed E-state index contributed by atoms with van der Waals surface area (Å²) in [6.45, 7) is 3.27. The molecular formula is C18H19NO2. The zero-order chi connectivity index (χ0) is 14.9. The molecule has 0 radical (unpaired) electrons. The second kappa shape index (κ2) is 5.34. The van der Waals surface area contributed by atoms with E-state index in [1.165, 1.54) is 5.56 Å². The molecule has 1 saturated heterocycles. The number of hydrogen-bond acceptors (Lipinski definition) is 2. The molecule has 3 rings (SSSR count). The summed E-state index contributed by atoms with van der Waals surface area (Å²) in [6, 6.07) is 18.5. The van der Waals surface area contributed by atoms with Crippen LogP contribution in [0.2, 0.25) is 0 Å². The van der Waals surface area contributed by atoms with Crippen molar-refractivity contribution >= 4 is 5.97 Å². The van der Waals surface area contributed by atoms with E-state index in [0.29, 0.717) is 13.1 Å². The number of carboxylic acid groups (broad SMARTS) is 1. The Kier molecular flexibility index (Phi) is 3.52. The van der Waals surface area contributed by atoms with Gasteiger partial charge in [-0.2, -0.15) is 0 Å². The van der Waals surface area contributed by atoms with Crippen LogP contribution in [0.4, 0.5) is 0 Å². The van der Waals surface area contributed by atoms with Crippen molar-refractivity contribution in [1.82, 2.24) is 5.32 Å². The summed E-state index contributed by atoms with van der Waals surface area (Å²) in [4.78, 5) is 11.4. The van der Waals surface area contributed by atoms with E-state index in [2.05, 4.69) is 41.7 Å². The lowest BCUT2D eigenvalue weighted by atomic mass is 9.74. The Labute approximate surface area is 124 Å². The average molecular weight is 281 g/mol. The van der Waals surface area contributed by atoms with Crippen LogP contribution < -0.4 is 5.32 Å². The highest BCUT2D eigenvalue weighted by molar-refractivity contribution is 5.74. The molecule has 0 amide bonds. The molecule has 1 fully saturated rings. The molecule has 0 aliphatic carbocycles. The van der Waals surface area contributed by atoms with Crippen LogP contribution in [0.25, 0.3) is 11.1 Å². The molecule has 2 atom stereocenters. The van der Waals surface area contributed by atoms with Gasteiger partial charge in [-0.3, -0.25) is 4.79 Å². The van der Waals surface area contributed by atoms with Gasteiger partial charge in [0.15, 0.2) is 0 Å². The van der Waals surface area contributed by atoms with Crippen LogP contribution in [0.3, 0.4) is 0 Å². The van der Waals surface area contributed by atoms with Crippen LogP contribution in [0.15, 0.2) is 54.6 Å². The van der Waals surface area contributed by atoms with Crippen molar-refractivity contribution in [3.8, 4) is 11.1 Å². The van der Waals surface area contributed by atoms with E-state index >= 15 is 0 Å². The van der Waals surface area contributed by atoms with Crippen molar-refractivity contribution in [2.45, 2.75) is 12.3 Å². The molecule has 2 aromatic carbocycles. The lowest BCUT2D eigenvalue weighted by Gasteiger charge is -2.28. The Bertz CT molecular complexity index is 636. The van der Waals surface area contributed by atoms with Gasteiger partial charge in [-0.25, -0.2) is 0 Å². The van der Waals surface area contributed by atoms with Gasteiger partial charge in [0.2, 0.25) is 0 Å². The molecule has 2 N–H and O–H groups in total. The Morgan fingerprint density at radius 2 is 1.71 bits per heavy atom. The molecule has 0 bridgehead atoms. The number of carbonyl (C=O) groups is 1. The molecule has 3 heteroatoms. The predicted octanol–water partition coefficient (Wildman–Crippen LogP) is 2.92. The lowest BCUT2D eigenvalue weighted by Crippen LogP contribution is -2.36. The molecule has 0 spiro atoms. The van der Waals surface area contributed by atoms with Crippen LogP contribution in [0.1, 0.15) is 12.5 Å². The van der Waals surface area contributed by atoms with Gasteiger partial charge in [0.05, 0.1) is 5.92 Å². The van der Waals surface area contributed by atoms with Crippen molar-refractivity contribution in [3.05, 3.63) is 60.2 Å². The molecule has 21 heavy (non-hydrogen) atoms. The van der Waals surface area contributed by atoms with Crippen LogP contribution in [0, 0.1) is 5.92 Å². The summed E-state index contributed by atoms with van der Waals surface area (Å²) in [5, 5.41) is 12.6. The highest BCUT2D eigenvalue weighted by atomic mass is 16.4. The monoisotopic (exact) mass is 281 g/mol. The minimum atomic E-state index is -0.727. The quantitative estimate of drug-likeness (QED) is 0.909. The maximum absolute atomic E-state index is 11.4. The van der Waals surface area contributed by atoms with Gasteiger partial charge in [0, 0.05) is 18.5 Å². The summed E-state index contributed by atoms with van der Waals surface area (Å²) in [5.41, 5.74) is 3.06. The Balaban J connectivity index is 1.92. The molecule has 3 nitrogen and oxygen atoms in total. The Morgan fingerprint density at radius 1 is 1.10 bits per heavy atom. The molecule has 1 aliphatic heterocycles. The average Bonchev–Trinajstić information content (AvgIpc) is 2.92. The first-order chi connectivity index (χ1) is 10.1. The van der Waals surface area contributed by atoms with Gasteiger partial charge in [0.25, 0.3) is 0 Å². The van der Waals surface area contributed by atoms with Crippen molar-refractivity contribution < 1.29 is 9.90 Å². The van der Waals surface area contributed by atoms with Gasteiger partial charge in [-0.15, -0.1) is 0 Å². The van der Waals surface area contributed by atoms with Crippen molar-refractivity contribution in [3.63, 3.8) is 0 Å². The zero-order valence-corrected chi connectivity index (χ0v) is 12.0. The summed E-state index contributed by atoms with van der Waals surface area (Å²) in [5.74, 6) is -1.10. The molecule has 2 unspecified atom stereocenters. The molecular weight excluding hydrogens is 262 g/mol. The number of carboxylic acids is 1. The number of nitrogens with one attached hydrogen (secondary N) is 1. The maximum Gasteiger partial charge on any atom is 0.308 e. The number of hydrogen-bond donors (Lipinski definition) is 2. The minimum absolute atomic E-state index is 0.346. The second-order valence-electron chi connectivity index (χ2n) is 5.88. The topological polar surface area (TPSA) is 49.3 Å². The van der Waals surface area contributed by atoms with E-state index in [-0.39, 0.29) is 11.3 Å². The van der Waals surface area contributed by atoms with Crippen LogP contribution in [-0.2, 0) is 10.2 Å². The van der Waals surface area contributed by atoms with E-state index < -0.39 is 5.97 Å². The number of benzene rings is 2. The predicted molar refractivity (Wildman–Crippen MR) is 83.2 cm³/mol. The smallest absolute Gasteiger partial charge is 0.308 e. The van der Waals surface area contributed by atoms with Gasteiger partial charge in [-0.1, -0.05) is 61.5 Å². The third kappa shape index (κ3) is 2.45. The summed E-state index contributed by atoms with van der Waals surface area (Å²) in [6.07, 6.45) is 0. The normalized spacial score (nSPS) is 24.9. The number of rotatable bonds is 3. The van der Waals surface area contributed by atoms with E-state index in [9.17, 15) is 9.90 Å². The Hall–Kier alpha value is -2.13. The molecule has 2 aromatic rings. The van der Waals surface area contributed by atoms with Crippen molar-refractivity contribution in [2.24, 2.45) is 5.92 Å². The highest BCUT2D eigenvalue weighted by Crippen LogP contribution is 2.36. The third-order valence-corrected chi connectivity index (χ3v) is 4.56. The third-order valence-electron chi connectivity index (χ3n) is 4.56. The molecule has 108 valence electrons. The van der Waals surface area contributed by atoms with Crippen molar-refractivity contribution in [2.75, 3.05) is 13.1 Å². The molecule has 0 saturated carbocycles. The minimum Gasteiger partial charge on any atom is -0.481 e. The first-order valence-electron chi connectivity index (χ1n) is 7.21. The fraction of sp³-hybridized carbons (Fsp3) is 0.278. The van der Waals surface area contributed by atoms with E-state index in [1.807, 2.05) is 25.1 Å². The summed E-state index contributed by atoms with van der Waals surface area (Å²) in [7, 11) is 0. The zero-order valence-electron chi connectivity index (χ0n) is 12.0. The fourth-order valence-corrected chi connectivity index (χ4v) is 3.16. The maximum atomic E-state index is 11.4. The first kappa shape index (κ1) is 13.8. The van der Waals surface area contributed by atoms with E-state index in [1.54, 1.807) is 0 Å². The van der Waals surface area contributed by atoms with E-state index in [0.717, 1.165) is 11.1 Å². The largest absolute Gasteiger partial charge is 0.481 e. The second-order valence-corrected chi connectivity index (χ2v) is 5.88. The highest BCUT2D eigenvalue weighted by Gasteiger charge is 2.44. The Morgan fingerprint density at radius 3 is 2.33 bits per heavy atom. The lowest BCUT2D eigenvalue weighted by molar-refractivity contribution is -0.142. The van der Waals surface area contributed by atoms with Gasteiger partial charge < -0.3 is 10.4 Å². The van der Waals surface area contributed by atoms with Crippen molar-refractivity contribution in [1.29, 1.82) is 0 Å². The van der Waals surface area contributed by atoms with Crippen LogP contribution in [0.5, 0.6) is 0 Å². The number of aliphatic carboxylic acids is 1. The summed E-state index contributed by atoms with van der Waals surface area (Å²) >= 11 is 0. The van der Waals surface area contributed by atoms with Gasteiger partial charge in [-0.05, 0) is 16.7 Å². The molecule has 1 aliphatic rings. The standard InChI is InChI=1S/C18H19NO2/c1-18(12-19-11-16(18)17(20)21)15-9-7-14(8-10-15)13-5-3-2-4-6-13/h2-10,16,19H,11-12H2,1H3,(H,20,21). The molecule has 0 aromatic heterocycles. The SMILES string of the molecule is CC1(c2ccc(-c3ccccc3)cc2)CNCC1C(=O)O. The van der Waals surface area contributed by atoms with Crippen LogP contribution in [-0.4, -0.2) is 24.2 Å². The fourth-order valence-electron chi connectivity index (χ4n) is 3.16.